The third-order valence-corrected chi connectivity index (χ3v) is 2.28. The van der Waals surface area contributed by atoms with Gasteiger partial charge in [0.25, 0.3) is 5.69 Å². The van der Waals surface area contributed by atoms with Crippen LogP contribution in [-0.2, 0) is 11.4 Å². The van der Waals surface area contributed by atoms with Gasteiger partial charge in [0.15, 0.2) is 0 Å². The van der Waals surface area contributed by atoms with Crippen LogP contribution in [0.25, 0.3) is 0 Å². The minimum Gasteiger partial charge on any atom is -0.294 e. The van der Waals surface area contributed by atoms with E-state index in [1.54, 1.807) is 19.1 Å². The Morgan fingerprint density at radius 3 is 2.80 bits per heavy atom. The summed E-state index contributed by atoms with van der Waals surface area (Å²) in [6.45, 7) is 4.18. The lowest BCUT2D eigenvalue weighted by molar-refractivity contribution is -0.385. The van der Waals surface area contributed by atoms with Gasteiger partial charge in [-0.05, 0) is 24.6 Å². The van der Waals surface area contributed by atoms with Crippen molar-refractivity contribution in [2.75, 3.05) is 13.1 Å². The summed E-state index contributed by atoms with van der Waals surface area (Å²) in [5, 5.41) is 12.4. The zero-order valence-electron chi connectivity index (χ0n) is 8.47. The van der Waals surface area contributed by atoms with Crippen LogP contribution in [0.5, 0.6) is 0 Å². The number of nitrogens with zero attached hydrogens (tertiary/aromatic N) is 2. The second kappa shape index (κ2) is 3.96. The average Bonchev–Trinajstić information content (AvgIpc) is 2.97. The Labute approximate surface area is 87.4 Å². The van der Waals surface area contributed by atoms with E-state index in [4.69, 9.17) is 4.84 Å². The Bertz CT molecular complexity index is 388. The molecule has 0 radical (unpaired) electrons. The molecule has 0 amide bonds. The van der Waals surface area contributed by atoms with Crippen LogP contribution in [0.4, 0.5) is 5.69 Å². The first-order valence-corrected chi connectivity index (χ1v) is 4.78. The van der Waals surface area contributed by atoms with Gasteiger partial charge in [-0.25, -0.2) is 0 Å². The minimum absolute atomic E-state index is 0.158. The molecular formula is C10H12N2O3. The average molecular weight is 208 g/mol. The zero-order chi connectivity index (χ0) is 10.8. The smallest absolute Gasteiger partial charge is 0.272 e. The number of hydroxylamine groups is 2. The Balaban J connectivity index is 2.06. The first-order valence-electron chi connectivity index (χ1n) is 4.78. The number of hydrogen-bond donors (Lipinski definition) is 0. The van der Waals surface area contributed by atoms with Crippen molar-refractivity contribution in [2.45, 2.75) is 13.5 Å². The number of nitro benzene ring substituents is 1. The summed E-state index contributed by atoms with van der Waals surface area (Å²) in [6.07, 6.45) is 0. The van der Waals surface area contributed by atoms with E-state index in [0.29, 0.717) is 12.2 Å². The highest BCUT2D eigenvalue weighted by Gasteiger charge is 2.18. The van der Waals surface area contributed by atoms with E-state index in [9.17, 15) is 10.1 Å². The molecule has 0 saturated carbocycles. The maximum atomic E-state index is 10.6. The van der Waals surface area contributed by atoms with E-state index in [2.05, 4.69) is 0 Å². The molecule has 0 aliphatic carbocycles. The molecule has 0 aromatic heterocycles. The first-order chi connectivity index (χ1) is 7.16. The van der Waals surface area contributed by atoms with Gasteiger partial charge >= 0.3 is 0 Å². The van der Waals surface area contributed by atoms with Crippen LogP contribution < -0.4 is 0 Å². The SMILES string of the molecule is Cc1cc(CON2CC2)ccc1[N+](=O)[O-]. The molecule has 15 heavy (non-hydrogen) atoms. The molecule has 5 heteroatoms. The summed E-state index contributed by atoms with van der Waals surface area (Å²) in [5.41, 5.74) is 1.79. The molecule has 0 N–H and O–H groups in total. The van der Waals surface area contributed by atoms with Gasteiger partial charge in [0.05, 0.1) is 11.5 Å². The molecule has 5 nitrogen and oxygen atoms in total. The van der Waals surface area contributed by atoms with E-state index >= 15 is 0 Å². The summed E-state index contributed by atoms with van der Waals surface area (Å²) >= 11 is 0. The normalized spacial score (nSPS) is 15.3. The van der Waals surface area contributed by atoms with E-state index in [0.717, 1.165) is 18.7 Å². The number of nitro groups is 1. The molecule has 0 atom stereocenters. The van der Waals surface area contributed by atoms with Crippen molar-refractivity contribution < 1.29 is 9.76 Å². The molecule has 2 rings (SSSR count). The van der Waals surface area contributed by atoms with Crippen LogP contribution in [0.2, 0.25) is 0 Å². The van der Waals surface area contributed by atoms with Crippen molar-refractivity contribution in [1.82, 2.24) is 5.06 Å². The quantitative estimate of drug-likeness (QED) is 0.429. The molecule has 0 unspecified atom stereocenters. The standard InChI is InChI=1S/C10H12N2O3/c1-8-6-9(7-15-11-4-5-11)2-3-10(8)12(13)14/h2-3,6H,4-5,7H2,1H3. The van der Waals surface area contributed by atoms with Crippen LogP contribution in [0.3, 0.4) is 0 Å². The fourth-order valence-electron chi connectivity index (χ4n) is 1.35. The van der Waals surface area contributed by atoms with Crippen molar-refractivity contribution in [3.8, 4) is 0 Å². The summed E-state index contributed by atoms with van der Waals surface area (Å²) in [7, 11) is 0. The molecule has 0 bridgehead atoms. The largest absolute Gasteiger partial charge is 0.294 e. The van der Waals surface area contributed by atoms with Crippen molar-refractivity contribution in [3.05, 3.63) is 39.4 Å². The highest BCUT2D eigenvalue weighted by atomic mass is 16.7. The first kappa shape index (κ1) is 10.1. The monoisotopic (exact) mass is 208 g/mol. The van der Waals surface area contributed by atoms with Gasteiger partial charge in [-0.15, -0.1) is 0 Å². The van der Waals surface area contributed by atoms with Crippen LogP contribution in [0.1, 0.15) is 11.1 Å². The van der Waals surface area contributed by atoms with Crippen molar-refractivity contribution in [1.29, 1.82) is 0 Å². The van der Waals surface area contributed by atoms with Crippen LogP contribution in [0, 0.1) is 17.0 Å². The van der Waals surface area contributed by atoms with Gasteiger partial charge in [-0.2, -0.15) is 5.06 Å². The molecule has 1 saturated heterocycles. The number of aryl methyl sites for hydroxylation is 1. The topological polar surface area (TPSA) is 55.4 Å². The van der Waals surface area contributed by atoms with E-state index in [-0.39, 0.29) is 10.6 Å². The second-order valence-corrected chi connectivity index (χ2v) is 3.58. The van der Waals surface area contributed by atoms with Gasteiger partial charge in [-0.1, -0.05) is 0 Å². The molecule has 1 aliphatic heterocycles. The van der Waals surface area contributed by atoms with Gasteiger partial charge in [0.2, 0.25) is 0 Å². The predicted molar refractivity (Wildman–Crippen MR) is 54.2 cm³/mol. The lowest BCUT2D eigenvalue weighted by atomic mass is 10.1. The van der Waals surface area contributed by atoms with E-state index < -0.39 is 0 Å². The molecule has 1 aromatic rings. The summed E-state index contributed by atoms with van der Waals surface area (Å²) in [4.78, 5) is 15.6. The molecular weight excluding hydrogens is 196 g/mol. The predicted octanol–water partition coefficient (Wildman–Crippen LogP) is 1.65. The molecule has 1 heterocycles. The van der Waals surface area contributed by atoms with Crippen LogP contribution >= 0.6 is 0 Å². The van der Waals surface area contributed by atoms with Crippen molar-refractivity contribution in [3.63, 3.8) is 0 Å². The maximum absolute atomic E-state index is 10.6. The number of hydrogen-bond acceptors (Lipinski definition) is 4. The van der Waals surface area contributed by atoms with E-state index in [1.165, 1.54) is 6.07 Å². The van der Waals surface area contributed by atoms with Gasteiger partial charge < -0.3 is 0 Å². The molecule has 1 aliphatic rings. The van der Waals surface area contributed by atoms with Gasteiger partial charge in [-0.3, -0.25) is 15.0 Å². The Kier molecular flexibility index (Phi) is 2.66. The summed E-state index contributed by atoms with van der Waals surface area (Å²) in [6, 6.07) is 5.05. The zero-order valence-corrected chi connectivity index (χ0v) is 8.47. The second-order valence-electron chi connectivity index (χ2n) is 3.58. The highest BCUT2D eigenvalue weighted by molar-refractivity contribution is 5.41. The van der Waals surface area contributed by atoms with Crippen molar-refractivity contribution in [2.24, 2.45) is 0 Å². The third kappa shape index (κ3) is 2.51. The van der Waals surface area contributed by atoms with Crippen LogP contribution in [0.15, 0.2) is 18.2 Å². The number of rotatable bonds is 4. The Morgan fingerprint density at radius 2 is 2.27 bits per heavy atom. The molecule has 0 spiro atoms. The van der Waals surface area contributed by atoms with E-state index in [1.807, 2.05) is 5.06 Å². The Hall–Kier alpha value is -1.46. The lowest BCUT2D eigenvalue weighted by Crippen LogP contribution is -2.00. The molecule has 1 fully saturated rings. The maximum Gasteiger partial charge on any atom is 0.272 e. The molecule has 1 aromatic carbocycles. The fourth-order valence-corrected chi connectivity index (χ4v) is 1.35. The number of benzene rings is 1. The molecule has 80 valence electrons. The summed E-state index contributed by atoms with van der Waals surface area (Å²) in [5.74, 6) is 0. The lowest BCUT2D eigenvalue weighted by Gasteiger charge is -2.04. The minimum atomic E-state index is -0.371. The van der Waals surface area contributed by atoms with Crippen LogP contribution in [-0.4, -0.2) is 23.1 Å². The Morgan fingerprint density at radius 1 is 1.53 bits per heavy atom. The highest BCUT2D eigenvalue weighted by Crippen LogP contribution is 2.19. The third-order valence-electron chi connectivity index (χ3n) is 2.28. The summed E-state index contributed by atoms with van der Waals surface area (Å²) < 4.78 is 0. The fraction of sp³-hybridized carbons (Fsp3) is 0.400. The van der Waals surface area contributed by atoms with Gasteiger partial charge in [0, 0.05) is 24.7 Å². The van der Waals surface area contributed by atoms with Crippen molar-refractivity contribution >= 4 is 5.69 Å². The van der Waals surface area contributed by atoms with Gasteiger partial charge in [0.1, 0.15) is 0 Å².